The van der Waals surface area contributed by atoms with E-state index in [9.17, 15) is 9.18 Å². The Hall–Kier alpha value is -3.15. The highest BCUT2D eigenvalue weighted by atomic mass is 19.1. The zero-order valence-corrected chi connectivity index (χ0v) is 16.1. The molecule has 1 aliphatic rings. The van der Waals surface area contributed by atoms with Crippen LogP contribution < -0.4 is 4.74 Å². The lowest BCUT2D eigenvalue weighted by Crippen LogP contribution is -2.41. The number of nitrogens with zero attached hydrogens (tertiary/aromatic N) is 2. The van der Waals surface area contributed by atoms with Crippen molar-refractivity contribution in [1.82, 2.24) is 9.88 Å². The number of piperidine rings is 1. The molecule has 0 bridgehead atoms. The van der Waals surface area contributed by atoms with Gasteiger partial charge in [0.25, 0.3) is 5.91 Å². The Morgan fingerprint density at radius 3 is 2.86 bits per heavy atom. The molecule has 150 valence electrons. The highest BCUT2D eigenvalue weighted by Crippen LogP contribution is 2.31. The van der Waals surface area contributed by atoms with Gasteiger partial charge in [-0.1, -0.05) is 30.3 Å². The van der Waals surface area contributed by atoms with Gasteiger partial charge in [0, 0.05) is 13.0 Å². The molecule has 2 heterocycles. The average molecular weight is 394 g/mol. The molecule has 4 rings (SSSR count). The van der Waals surface area contributed by atoms with Crippen molar-refractivity contribution in [3.63, 3.8) is 0 Å². The molecule has 1 amide bonds. The molecular weight excluding hydrogens is 371 g/mol. The second-order valence-electron chi connectivity index (χ2n) is 7.17. The van der Waals surface area contributed by atoms with E-state index in [2.05, 4.69) is 4.98 Å². The van der Waals surface area contributed by atoms with Crippen molar-refractivity contribution in [3.8, 4) is 5.75 Å². The minimum absolute atomic E-state index is 0.0165. The van der Waals surface area contributed by atoms with Gasteiger partial charge < -0.3 is 14.1 Å². The molecule has 1 atom stereocenters. The van der Waals surface area contributed by atoms with E-state index in [-0.39, 0.29) is 24.4 Å². The summed E-state index contributed by atoms with van der Waals surface area (Å²) in [6.45, 7) is 0.640. The van der Waals surface area contributed by atoms with Gasteiger partial charge in [-0.15, -0.1) is 0 Å². The van der Waals surface area contributed by atoms with E-state index in [1.807, 2.05) is 36.4 Å². The van der Waals surface area contributed by atoms with Crippen LogP contribution in [0.1, 0.15) is 42.5 Å². The number of para-hydroxylation sites is 1. The van der Waals surface area contributed by atoms with E-state index >= 15 is 0 Å². The molecule has 2 aromatic carbocycles. The molecule has 1 fully saturated rings. The summed E-state index contributed by atoms with van der Waals surface area (Å²) >= 11 is 0. The Balaban J connectivity index is 1.43. The van der Waals surface area contributed by atoms with Gasteiger partial charge in [-0.2, -0.15) is 0 Å². The van der Waals surface area contributed by atoms with Gasteiger partial charge in [-0.3, -0.25) is 4.79 Å². The number of carbonyl (C=O) groups excluding carboxylic acids is 1. The molecule has 3 aromatic rings. The first-order valence-electron chi connectivity index (χ1n) is 9.85. The lowest BCUT2D eigenvalue weighted by molar-refractivity contribution is -0.137. The van der Waals surface area contributed by atoms with Crippen LogP contribution in [-0.2, 0) is 11.2 Å². The summed E-state index contributed by atoms with van der Waals surface area (Å²) in [5, 5.41) is 0. The molecule has 5 nitrogen and oxygen atoms in total. The van der Waals surface area contributed by atoms with Gasteiger partial charge in [0.2, 0.25) is 5.89 Å². The van der Waals surface area contributed by atoms with Crippen molar-refractivity contribution in [3.05, 3.63) is 83.8 Å². The van der Waals surface area contributed by atoms with Crippen molar-refractivity contribution in [2.75, 3.05) is 13.2 Å². The Kier molecular flexibility index (Phi) is 5.89. The number of oxazole rings is 1. The fraction of sp³-hybridized carbons (Fsp3) is 0.304. The molecule has 0 spiro atoms. The van der Waals surface area contributed by atoms with Crippen molar-refractivity contribution < 1.29 is 18.3 Å². The van der Waals surface area contributed by atoms with Gasteiger partial charge in [0.05, 0.1) is 6.20 Å². The van der Waals surface area contributed by atoms with Crippen LogP contribution in [0, 0.1) is 5.82 Å². The summed E-state index contributed by atoms with van der Waals surface area (Å²) in [5.74, 6) is 1.50. The van der Waals surface area contributed by atoms with Crippen molar-refractivity contribution >= 4 is 5.91 Å². The molecular formula is C23H23FN2O3. The minimum atomic E-state index is -0.273. The van der Waals surface area contributed by atoms with Gasteiger partial charge in [0.15, 0.2) is 6.61 Å². The molecule has 0 aliphatic carbocycles. The third kappa shape index (κ3) is 4.83. The van der Waals surface area contributed by atoms with Crippen LogP contribution in [0.5, 0.6) is 5.75 Å². The van der Waals surface area contributed by atoms with E-state index in [0.29, 0.717) is 30.4 Å². The quantitative estimate of drug-likeness (QED) is 0.616. The zero-order valence-electron chi connectivity index (χ0n) is 16.1. The van der Waals surface area contributed by atoms with E-state index in [1.165, 1.54) is 12.1 Å². The van der Waals surface area contributed by atoms with E-state index in [0.717, 1.165) is 24.8 Å². The molecule has 1 saturated heterocycles. The van der Waals surface area contributed by atoms with Crippen LogP contribution in [-0.4, -0.2) is 28.9 Å². The first-order chi connectivity index (χ1) is 14.2. The molecule has 1 aromatic heterocycles. The number of likely N-dealkylation sites (tertiary alicyclic amines) is 1. The van der Waals surface area contributed by atoms with Crippen molar-refractivity contribution in [2.45, 2.75) is 31.7 Å². The average Bonchev–Trinajstić information content (AvgIpc) is 3.21. The Bertz CT molecular complexity index is 958. The number of amides is 1. The Morgan fingerprint density at radius 2 is 2.03 bits per heavy atom. The van der Waals surface area contributed by atoms with Crippen LogP contribution in [0.4, 0.5) is 4.39 Å². The predicted molar refractivity (Wildman–Crippen MR) is 106 cm³/mol. The van der Waals surface area contributed by atoms with Crippen molar-refractivity contribution in [1.29, 1.82) is 0 Å². The molecule has 0 radical (unpaired) electrons. The highest BCUT2D eigenvalue weighted by molar-refractivity contribution is 5.78. The number of halogens is 1. The smallest absolute Gasteiger partial charge is 0.261 e. The molecule has 29 heavy (non-hydrogen) atoms. The minimum Gasteiger partial charge on any atom is -0.484 e. The number of hydrogen-bond acceptors (Lipinski definition) is 4. The summed E-state index contributed by atoms with van der Waals surface area (Å²) in [5.41, 5.74) is 0.820. The summed E-state index contributed by atoms with van der Waals surface area (Å²) in [6.07, 6.45) is 4.89. The van der Waals surface area contributed by atoms with Gasteiger partial charge >= 0.3 is 0 Å². The fourth-order valence-corrected chi connectivity index (χ4v) is 3.64. The highest BCUT2D eigenvalue weighted by Gasteiger charge is 2.31. The van der Waals surface area contributed by atoms with Gasteiger partial charge in [0.1, 0.15) is 23.4 Å². The summed E-state index contributed by atoms with van der Waals surface area (Å²) < 4.78 is 25.0. The van der Waals surface area contributed by atoms with Crippen LogP contribution in [0.25, 0.3) is 0 Å². The number of aromatic nitrogens is 1. The fourth-order valence-electron chi connectivity index (χ4n) is 3.64. The molecule has 0 N–H and O–H groups in total. The molecule has 0 unspecified atom stereocenters. The van der Waals surface area contributed by atoms with E-state index in [1.54, 1.807) is 17.2 Å². The maximum absolute atomic E-state index is 13.4. The van der Waals surface area contributed by atoms with Crippen LogP contribution >= 0.6 is 0 Å². The van der Waals surface area contributed by atoms with E-state index in [4.69, 9.17) is 9.15 Å². The van der Waals surface area contributed by atoms with Crippen molar-refractivity contribution in [2.24, 2.45) is 0 Å². The number of hydrogen-bond donors (Lipinski definition) is 0. The molecule has 0 saturated carbocycles. The zero-order chi connectivity index (χ0) is 20.1. The summed E-state index contributed by atoms with van der Waals surface area (Å²) in [7, 11) is 0. The van der Waals surface area contributed by atoms with Crippen LogP contribution in [0.2, 0.25) is 0 Å². The van der Waals surface area contributed by atoms with E-state index < -0.39 is 0 Å². The monoisotopic (exact) mass is 394 g/mol. The molecule has 1 aliphatic heterocycles. The Morgan fingerprint density at radius 1 is 1.17 bits per heavy atom. The predicted octanol–water partition coefficient (Wildman–Crippen LogP) is 4.54. The van der Waals surface area contributed by atoms with Crippen LogP contribution in [0.15, 0.2) is 65.2 Å². The number of rotatable bonds is 6. The van der Waals surface area contributed by atoms with Gasteiger partial charge in [-0.05, 0) is 49.1 Å². The van der Waals surface area contributed by atoms with Gasteiger partial charge in [-0.25, -0.2) is 9.37 Å². The third-order valence-corrected chi connectivity index (χ3v) is 5.05. The topological polar surface area (TPSA) is 55.6 Å². The maximum atomic E-state index is 13.4. The number of ether oxygens (including phenoxy) is 1. The lowest BCUT2D eigenvalue weighted by Gasteiger charge is -2.33. The van der Waals surface area contributed by atoms with Crippen LogP contribution in [0.3, 0.4) is 0 Å². The maximum Gasteiger partial charge on any atom is 0.261 e. The first-order valence-corrected chi connectivity index (χ1v) is 9.85. The Labute approximate surface area is 169 Å². The summed E-state index contributed by atoms with van der Waals surface area (Å²) in [4.78, 5) is 19.0. The standard InChI is InChI=1S/C23H23FN2O3/c24-18-8-6-7-17(13-18)14-20-15-25-23(29-20)21-11-4-5-12-26(21)22(27)16-28-19-9-2-1-3-10-19/h1-3,6-10,13,15,21H,4-5,11-12,14,16H2/t21-/m1/s1. The largest absolute Gasteiger partial charge is 0.484 e. The third-order valence-electron chi connectivity index (χ3n) is 5.05. The SMILES string of the molecule is O=C(COc1ccccc1)N1CCCC[C@@H]1c1ncc(Cc2cccc(F)c2)o1. The normalized spacial score (nSPS) is 16.6. The second kappa shape index (κ2) is 8.90. The second-order valence-corrected chi connectivity index (χ2v) is 7.17. The number of carbonyl (C=O) groups is 1. The first kappa shape index (κ1) is 19.2. The number of benzene rings is 2. The summed E-state index contributed by atoms with van der Waals surface area (Å²) in [6, 6.07) is 15.5. The lowest BCUT2D eigenvalue weighted by atomic mass is 10.0. The molecule has 6 heteroatoms.